The maximum Gasteiger partial charge on any atom is 0.233 e. The fraction of sp³-hybridized carbons (Fsp3) is 0.269. The minimum absolute atomic E-state index is 0.0470. The summed E-state index contributed by atoms with van der Waals surface area (Å²) < 4.78 is 0. The van der Waals surface area contributed by atoms with Crippen LogP contribution in [-0.2, 0) is 17.6 Å². The molecule has 3 heteroatoms. The van der Waals surface area contributed by atoms with Crippen LogP contribution < -0.4 is 0 Å². The highest BCUT2D eigenvalue weighted by atomic mass is 16.2. The summed E-state index contributed by atoms with van der Waals surface area (Å²) in [5.41, 5.74) is 6.53. The zero-order chi connectivity index (χ0) is 19.4. The number of amides is 1. The summed E-state index contributed by atoms with van der Waals surface area (Å²) in [5.74, 6) is 0.118. The lowest BCUT2D eigenvalue weighted by atomic mass is 9.76. The fourth-order valence-corrected chi connectivity index (χ4v) is 5.70. The van der Waals surface area contributed by atoms with Crippen LogP contribution in [0.1, 0.15) is 45.9 Å². The zero-order valence-electron chi connectivity index (χ0n) is 16.4. The zero-order valence-corrected chi connectivity index (χ0v) is 16.4. The van der Waals surface area contributed by atoms with E-state index in [1.807, 2.05) is 6.07 Å². The van der Waals surface area contributed by atoms with E-state index in [9.17, 15) is 4.79 Å². The van der Waals surface area contributed by atoms with Crippen LogP contribution in [0, 0.1) is 0 Å². The summed E-state index contributed by atoms with van der Waals surface area (Å²) in [6.45, 7) is 1.78. The summed E-state index contributed by atoms with van der Waals surface area (Å²) in [7, 11) is 0. The first-order valence-corrected chi connectivity index (χ1v) is 10.6. The first-order valence-electron chi connectivity index (χ1n) is 10.6. The molecule has 0 aromatic heterocycles. The third kappa shape index (κ3) is 2.50. The smallest absolute Gasteiger partial charge is 0.233 e. The quantitative estimate of drug-likeness (QED) is 0.622. The predicted octanol–water partition coefficient (Wildman–Crippen LogP) is 4.47. The fourth-order valence-electron chi connectivity index (χ4n) is 5.70. The third-order valence-electron chi connectivity index (χ3n) is 6.96. The van der Waals surface area contributed by atoms with Gasteiger partial charge in [0.25, 0.3) is 0 Å². The van der Waals surface area contributed by atoms with Crippen LogP contribution in [0.25, 0.3) is 0 Å². The van der Waals surface area contributed by atoms with Gasteiger partial charge in [0, 0.05) is 13.1 Å². The van der Waals surface area contributed by atoms with Gasteiger partial charge >= 0.3 is 0 Å². The molecule has 0 spiro atoms. The average Bonchev–Trinajstić information content (AvgIpc) is 2.79. The van der Waals surface area contributed by atoms with Crippen molar-refractivity contribution in [3.63, 3.8) is 0 Å². The lowest BCUT2D eigenvalue weighted by Gasteiger charge is -2.55. The Kier molecular flexibility index (Phi) is 3.85. The van der Waals surface area contributed by atoms with Crippen LogP contribution in [0.5, 0.6) is 0 Å². The summed E-state index contributed by atoms with van der Waals surface area (Å²) in [6.07, 6.45) is 2.02. The van der Waals surface area contributed by atoms with E-state index in [1.54, 1.807) is 0 Å². The first-order chi connectivity index (χ1) is 14.3. The van der Waals surface area contributed by atoms with Crippen LogP contribution in [0.2, 0.25) is 0 Å². The van der Waals surface area contributed by atoms with E-state index in [0.717, 1.165) is 31.5 Å². The van der Waals surface area contributed by atoms with Crippen molar-refractivity contribution >= 4 is 5.91 Å². The molecule has 1 saturated heterocycles. The van der Waals surface area contributed by atoms with Crippen molar-refractivity contribution in [3.8, 4) is 0 Å². The van der Waals surface area contributed by atoms with Gasteiger partial charge in [0.2, 0.25) is 5.91 Å². The number of nitrogens with zero attached hydrogens (tertiary/aromatic N) is 2. The second-order valence-corrected chi connectivity index (χ2v) is 8.37. The molecule has 29 heavy (non-hydrogen) atoms. The summed E-state index contributed by atoms with van der Waals surface area (Å²) in [4.78, 5) is 18.7. The Morgan fingerprint density at radius 2 is 1.31 bits per heavy atom. The Morgan fingerprint density at radius 1 is 0.690 bits per heavy atom. The van der Waals surface area contributed by atoms with Crippen LogP contribution in [-0.4, -0.2) is 28.8 Å². The van der Waals surface area contributed by atoms with E-state index < -0.39 is 0 Å². The van der Waals surface area contributed by atoms with Gasteiger partial charge in [0.15, 0.2) is 0 Å². The van der Waals surface area contributed by atoms with Gasteiger partial charge in [0.1, 0.15) is 6.17 Å². The number of carbonyl (C=O) groups is 1. The van der Waals surface area contributed by atoms with Gasteiger partial charge in [-0.1, -0.05) is 78.9 Å². The molecule has 3 aliphatic heterocycles. The van der Waals surface area contributed by atoms with Crippen molar-refractivity contribution in [3.05, 3.63) is 107 Å². The molecule has 3 aliphatic rings. The highest BCUT2D eigenvalue weighted by Gasteiger charge is 2.51. The Bertz CT molecular complexity index is 1080. The Hall–Kier alpha value is -2.91. The molecule has 3 aromatic carbocycles. The standard InChI is InChI=1S/C26H24N2O/c29-26-23(20-10-2-1-3-11-20)24-21-12-6-4-8-18(21)14-16-27(24)25-22-13-7-5-9-19(22)15-17-28(25)26/h1-13,23-25H,14-17H2. The molecule has 3 unspecified atom stereocenters. The van der Waals surface area contributed by atoms with Gasteiger partial charge in [-0.25, -0.2) is 0 Å². The largest absolute Gasteiger partial charge is 0.322 e. The van der Waals surface area contributed by atoms with Crippen LogP contribution in [0.3, 0.4) is 0 Å². The van der Waals surface area contributed by atoms with Gasteiger partial charge in [-0.15, -0.1) is 0 Å². The molecule has 144 valence electrons. The Morgan fingerprint density at radius 3 is 2.10 bits per heavy atom. The van der Waals surface area contributed by atoms with Crippen LogP contribution in [0.4, 0.5) is 0 Å². The number of benzene rings is 3. The second-order valence-electron chi connectivity index (χ2n) is 8.37. The minimum Gasteiger partial charge on any atom is -0.322 e. The normalized spacial score (nSPS) is 25.6. The number of fused-ring (bicyclic) bond motifs is 7. The molecule has 3 heterocycles. The second kappa shape index (κ2) is 6.57. The monoisotopic (exact) mass is 380 g/mol. The summed E-state index contributed by atoms with van der Waals surface area (Å²) in [6, 6.07) is 27.9. The van der Waals surface area contributed by atoms with Gasteiger partial charge in [-0.05, 0) is 40.7 Å². The van der Waals surface area contributed by atoms with Crippen LogP contribution >= 0.6 is 0 Å². The van der Waals surface area contributed by atoms with Gasteiger partial charge in [-0.3, -0.25) is 9.69 Å². The molecule has 1 amide bonds. The van der Waals surface area contributed by atoms with E-state index in [1.165, 1.54) is 22.3 Å². The molecule has 0 radical (unpaired) electrons. The van der Waals surface area contributed by atoms with E-state index in [4.69, 9.17) is 0 Å². The van der Waals surface area contributed by atoms with E-state index >= 15 is 0 Å². The molecule has 0 bridgehead atoms. The molecule has 0 saturated carbocycles. The SMILES string of the molecule is O=C1C(c2ccccc2)C2c3ccccc3CCN2C2c3ccccc3CCN12. The van der Waals surface area contributed by atoms with Gasteiger partial charge in [-0.2, -0.15) is 0 Å². The molecule has 0 aliphatic carbocycles. The average molecular weight is 380 g/mol. The van der Waals surface area contributed by atoms with Crippen molar-refractivity contribution in [2.75, 3.05) is 13.1 Å². The summed E-state index contributed by atoms with van der Waals surface area (Å²) in [5, 5.41) is 0. The lowest BCUT2D eigenvalue weighted by molar-refractivity contribution is -0.155. The van der Waals surface area contributed by atoms with Gasteiger partial charge in [0.05, 0.1) is 12.0 Å². The number of carbonyl (C=O) groups excluding carboxylic acids is 1. The third-order valence-corrected chi connectivity index (χ3v) is 6.96. The van der Waals surface area contributed by atoms with Gasteiger partial charge < -0.3 is 4.90 Å². The highest BCUT2D eigenvalue weighted by molar-refractivity contribution is 5.87. The van der Waals surface area contributed by atoms with E-state index in [2.05, 4.69) is 82.6 Å². The van der Waals surface area contributed by atoms with Crippen molar-refractivity contribution in [1.29, 1.82) is 0 Å². The minimum atomic E-state index is -0.154. The Labute approximate surface area is 171 Å². The maximum absolute atomic E-state index is 13.9. The van der Waals surface area contributed by atoms with E-state index in [-0.39, 0.29) is 24.0 Å². The molecule has 1 fully saturated rings. The number of rotatable bonds is 1. The molecule has 3 aromatic rings. The molecule has 3 atom stereocenters. The highest BCUT2D eigenvalue weighted by Crippen LogP contribution is 2.51. The lowest BCUT2D eigenvalue weighted by Crippen LogP contribution is -2.59. The molecular formula is C26H24N2O. The molecule has 6 rings (SSSR count). The van der Waals surface area contributed by atoms with Crippen molar-refractivity contribution < 1.29 is 4.79 Å². The molecular weight excluding hydrogens is 356 g/mol. The Balaban J connectivity index is 1.56. The van der Waals surface area contributed by atoms with Crippen molar-refractivity contribution in [1.82, 2.24) is 9.80 Å². The van der Waals surface area contributed by atoms with Crippen molar-refractivity contribution in [2.24, 2.45) is 0 Å². The predicted molar refractivity (Wildman–Crippen MR) is 113 cm³/mol. The van der Waals surface area contributed by atoms with E-state index in [0.29, 0.717) is 0 Å². The number of hydrogen-bond acceptors (Lipinski definition) is 2. The number of hydrogen-bond donors (Lipinski definition) is 0. The summed E-state index contributed by atoms with van der Waals surface area (Å²) >= 11 is 0. The first kappa shape index (κ1) is 17.0. The maximum atomic E-state index is 13.9. The topological polar surface area (TPSA) is 23.6 Å². The molecule has 3 nitrogen and oxygen atoms in total. The van der Waals surface area contributed by atoms with Crippen molar-refractivity contribution in [2.45, 2.75) is 31.0 Å². The molecule has 0 N–H and O–H groups in total. The van der Waals surface area contributed by atoms with Crippen LogP contribution in [0.15, 0.2) is 78.9 Å².